The molecule has 0 radical (unpaired) electrons. The molecule has 0 unspecified atom stereocenters. The zero-order valence-corrected chi connectivity index (χ0v) is 12.8. The van der Waals surface area contributed by atoms with Crippen molar-refractivity contribution in [1.82, 2.24) is 9.78 Å². The van der Waals surface area contributed by atoms with E-state index in [1.54, 1.807) is 17.0 Å². The number of fused-ring (bicyclic) bond motifs is 1. The third-order valence-electron chi connectivity index (χ3n) is 2.50. The van der Waals surface area contributed by atoms with E-state index in [0.717, 1.165) is 15.4 Å². The minimum absolute atomic E-state index is 0.634. The molecule has 6 heteroatoms. The maximum Gasteiger partial charge on any atom is 0.156 e. The van der Waals surface area contributed by atoms with Gasteiger partial charge in [0.15, 0.2) is 5.84 Å². The first-order valence-corrected chi connectivity index (χ1v) is 7.51. The van der Waals surface area contributed by atoms with Crippen molar-refractivity contribution in [2.75, 3.05) is 6.26 Å². The van der Waals surface area contributed by atoms with Gasteiger partial charge in [0, 0.05) is 9.86 Å². The summed E-state index contributed by atoms with van der Waals surface area (Å²) in [5.74, 6) is 0.634. The molecule has 1 heterocycles. The largest absolute Gasteiger partial charge is 0.404 e. The van der Waals surface area contributed by atoms with Crippen molar-refractivity contribution in [2.24, 2.45) is 10.7 Å². The molecular weight excluding hydrogens is 324 g/mol. The summed E-state index contributed by atoms with van der Waals surface area (Å²) in [7, 11) is 0. The van der Waals surface area contributed by atoms with Crippen LogP contribution in [0.15, 0.2) is 57.7 Å². The molecule has 1 aromatic heterocycles. The SMILES string of the molecule is C=C(N=C(/C=C\N)n1ncc2c(Br)cccc21)SC. The number of nitrogens with two attached hydrogens (primary N) is 1. The lowest BCUT2D eigenvalue weighted by atomic mass is 10.2. The molecule has 2 aromatic rings. The molecule has 0 bridgehead atoms. The van der Waals surface area contributed by atoms with Gasteiger partial charge in [0.2, 0.25) is 0 Å². The molecule has 0 aliphatic rings. The van der Waals surface area contributed by atoms with E-state index in [1.165, 1.54) is 18.0 Å². The van der Waals surface area contributed by atoms with Crippen molar-refractivity contribution >= 4 is 44.4 Å². The minimum Gasteiger partial charge on any atom is -0.404 e. The predicted octanol–water partition coefficient (Wildman–Crippen LogP) is 3.35. The number of rotatable bonds is 3. The van der Waals surface area contributed by atoms with Crippen LogP contribution in [0.3, 0.4) is 0 Å². The molecule has 0 spiro atoms. The van der Waals surface area contributed by atoms with Gasteiger partial charge < -0.3 is 5.73 Å². The monoisotopic (exact) mass is 336 g/mol. The summed E-state index contributed by atoms with van der Waals surface area (Å²) in [6.07, 6.45) is 6.86. The van der Waals surface area contributed by atoms with Crippen LogP contribution in [-0.4, -0.2) is 21.9 Å². The fourth-order valence-corrected chi connectivity index (χ4v) is 2.26. The van der Waals surface area contributed by atoms with E-state index in [9.17, 15) is 0 Å². The molecule has 0 saturated heterocycles. The highest BCUT2D eigenvalue weighted by Gasteiger charge is 2.08. The van der Waals surface area contributed by atoms with Crippen molar-refractivity contribution in [1.29, 1.82) is 0 Å². The molecular formula is C13H13BrN4S. The second-order valence-corrected chi connectivity index (χ2v) is 5.39. The average molecular weight is 337 g/mol. The summed E-state index contributed by atoms with van der Waals surface area (Å²) in [6, 6.07) is 5.91. The van der Waals surface area contributed by atoms with Gasteiger partial charge in [-0.15, -0.1) is 11.8 Å². The van der Waals surface area contributed by atoms with E-state index in [1.807, 2.05) is 24.5 Å². The summed E-state index contributed by atoms with van der Waals surface area (Å²) in [6.45, 7) is 3.85. The minimum atomic E-state index is 0.634. The molecule has 19 heavy (non-hydrogen) atoms. The second kappa shape index (κ2) is 6.08. The number of halogens is 1. The van der Waals surface area contributed by atoms with Crippen LogP contribution in [-0.2, 0) is 0 Å². The van der Waals surface area contributed by atoms with Gasteiger partial charge in [0.1, 0.15) is 0 Å². The highest BCUT2D eigenvalue weighted by Crippen LogP contribution is 2.23. The Morgan fingerprint density at radius 2 is 2.37 bits per heavy atom. The van der Waals surface area contributed by atoms with Crippen LogP contribution in [0, 0.1) is 0 Å². The standard InChI is InChI=1S/C13H13BrN4S/c1-9(19-2)17-13(6-7-15)18-12-5-3-4-11(14)10(12)8-16-18/h3-8H,1,15H2,2H3/b7-6-,17-13?. The number of nitrogens with zero attached hydrogens (tertiary/aromatic N) is 3. The topological polar surface area (TPSA) is 56.2 Å². The molecule has 4 nitrogen and oxygen atoms in total. The van der Waals surface area contributed by atoms with E-state index < -0.39 is 0 Å². The molecule has 2 N–H and O–H groups in total. The van der Waals surface area contributed by atoms with Crippen LogP contribution in [0.2, 0.25) is 0 Å². The van der Waals surface area contributed by atoms with E-state index >= 15 is 0 Å². The normalized spacial score (nSPS) is 12.4. The molecule has 2 rings (SSSR count). The molecule has 0 saturated carbocycles. The number of aromatic nitrogens is 2. The Balaban J connectivity index is 2.61. The van der Waals surface area contributed by atoms with E-state index in [2.05, 4.69) is 32.6 Å². The lowest BCUT2D eigenvalue weighted by Gasteiger charge is -2.04. The van der Waals surface area contributed by atoms with Gasteiger partial charge >= 0.3 is 0 Å². The summed E-state index contributed by atoms with van der Waals surface area (Å²) in [5, 5.41) is 6.09. The third kappa shape index (κ3) is 2.90. The molecule has 0 fully saturated rings. The first-order valence-electron chi connectivity index (χ1n) is 5.50. The van der Waals surface area contributed by atoms with Gasteiger partial charge in [0.25, 0.3) is 0 Å². The first-order chi connectivity index (χ1) is 9.17. The van der Waals surface area contributed by atoms with Crippen LogP contribution >= 0.6 is 27.7 Å². The fourth-order valence-electron chi connectivity index (χ4n) is 1.61. The van der Waals surface area contributed by atoms with Gasteiger partial charge in [-0.1, -0.05) is 28.6 Å². The Kier molecular flexibility index (Phi) is 4.44. The first kappa shape index (κ1) is 13.9. The quantitative estimate of drug-likeness (QED) is 0.690. The smallest absolute Gasteiger partial charge is 0.156 e. The zero-order valence-electron chi connectivity index (χ0n) is 10.4. The molecule has 0 aliphatic heterocycles. The number of thioether (sulfide) groups is 1. The van der Waals surface area contributed by atoms with Gasteiger partial charge in [-0.3, -0.25) is 0 Å². The maximum atomic E-state index is 5.48. The summed E-state index contributed by atoms with van der Waals surface area (Å²) in [5.41, 5.74) is 6.44. The second-order valence-electron chi connectivity index (χ2n) is 3.66. The molecule has 0 amide bonds. The van der Waals surface area contributed by atoms with Crippen molar-refractivity contribution in [3.05, 3.63) is 52.8 Å². The molecule has 1 aromatic carbocycles. The van der Waals surface area contributed by atoms with Crippen LogP contribution in [0.25, 0.3) is 10.9 Å². The number of hydrogen-bond acceptors (Lipinski definition) is 4. The molecule has 98 valence electrons. The van der Waals surface area contributed by atoms with Crippen LogP contribution in [0.1, 0.15) is 0 Å². The number of allylic oxidation sites excluding steroid dienone is 1. The Morgan fingerprint density at radius 3 is 3.05 bits per heavy atom. The highest BCUT2D eigenvalue weighted by molar-refractivity contribution is 9.10. The van der Waals surface area contributed by atoms with Crippen molar-refractivity contribution in [3.63, 3.8) is 0 Å². The third-order valence-corrected chi connectivity index (χ3v) is 3.75. The van der Waals surface area contributed by atoms with E-state index in [4.69, 9.17) is 5.73 Å². The Bertz CT molecular complexity index is 672. The summed E-state index contributed by atoms with van der Waals surface area (Å²) < 4.78 is 2.74. The number of aliphatic imine (C=N–C) groups is 1. The van der Waals surface area contributed by atoms with Crippen molar-refractivity contribution in [2.45, 2.75) is 0 Å². The molecule has 0 aliphatic carbocycles. The fraction of sp³-hybridized carbons (Fsp3) is 0.0769. The van der Waals surface area contributed by atoms with Crippen LogP contribution in [0.5, 0.6) is 0 Å². The van der Waals surface area contributed by atoms with E-state index in [-0.39, 0.29) is 0 Å². The Morgan fingerprint density at radius 1 is 1.58 bits per heavy atom. The van der Waals surface area contributed by atoms with Crippen molar-refractivity contribution < 1.29 is 0 Å². The number of benzene rings is 1. The summed E-state index contributed by atoms with van der Waals surface area (Å²) in [4.78, 5) is 4.41. The zero-order chi connectivity index (χ0) is 13.8. The highest BCUT2D eigenvalue weighted by atomic mass is 79.9. The predicted molar refractivity (Wildman–Crippen MR) is 86.2 cm³/mol. The lowest BCUT2D eigenvalue weighted by Crippen LogP contribution is -2.11. The van der Waals surface area contributed by atoms with Crippen molar-refractivity contribution in [3.8, 4) is 0 Å². The maximum absolute atomic E-state index is 5.48. The van der Waals surface area contributed by atoms with Crippen LogP contribution < -0.4 is 5.73 Å². The van der Waals surface area contributed by atoms with E-state index in [0.29, 0.717) is 10.9 Å². The lowest BCUT2D eigenvalue weighted by molar-refractivity contribution is 0.966. The summed E-state index contributed by atoms with van der Waals surface area (Å²) >= 11 is 4.98. The van der Waals surface area contributed by atoms with Gasteiger partial charge in [-0.2, -0.15) is 5.10 Å². The van der Waals surface area contributed by atoms with Crippen LogP contribution in [0.4, 0.5) is 0 Å². The van der Waals surface area contributed by atoms with Gasteiger partial charge in [-0.25, -0.2) is 9.67 Å². The van der Waals surface area contributed by atoms with Gasteiger partial charge in [0.05, 0.1) is 16.7 Å². The Labute approximate surface area is 124 Å². The Hall–Kier alpha value is -1.53. The van der Waals surface area contributed by atoms with Gasteiger partial charge in [-0.05, 0) is 30.7 Å². The molecule has 0 atom stereocenters. The number of hydrogen-bond donors (Lipinski definition) is 1. The average Bonchev–Trinajstić information content (AvgIpc) is 2.83.